The molecule has 4 aliphatic carbocycles. The Morgan fingerprint density at radius 2 is 1.90 bits per heavy atom. The minimum atomic E-state index is -0.408. The first-order valence-corrected chi connectivity index (χ1v) is 15.1. The molecule has 1 aromatic carbocycles. The highest BCUT2D eigenvalue weighted by Crippen LogP contribution is 2.68. The van der Waals surface area contributed by atoms with Crippen LogP contribution in [0.1, 0.15) is 78.0 Å². The van der Waals surface area contributed by atoms with Crippen LogP contribution in [0.4, 0.5) is 0 Å². The van der Waals surface area contributed by atoms with Crippen LogP contribution in [0, 0.1) is 46.3 Å². The number of rotatable bonds is 5. The molecule has 0 radical (unpaired) electrons. The van der Waals surface area contributed by atoms with Crippen LogP contribution in [-0.2, 0) is 6.42 Å². The van der Waals surface area contributed by atoms with Crippen LogP contribution in [0.5, 0.6) is 5.75 Å². The lowest BCUT2D eigenvalue weighted by Gasteiger charge is -2.63. The molecule has 39 heavy (non-hydrogen) atoms. The molecular formula is C32H45NO6. The Balaban J connectivity index is 1.22. The number of fused-ring (bicyclic) bond motifs is 6. The van der Waals surface area contributed by atoms with Crippen molar-refractivity contribution in [3.63, 3.8) is 0 Å². The van der Waals surface area contributed by atoms with Crippen LogP contribution in [-0.4, -0.2) is 45.7 Å². The van der Waals surface area contributed by atoms with Crippen LogP contribution in [0.25, 0.3) is 10.9 Å². The van der Waals surface area contributed by atoms with E-state index in [0.717, 1.165) is 51.4 Å². The maximum atomic E-state index is 12.6. The Morgan fingerprint density at radius 3 is 2.67 bits per heavy atom. The number of aliphatic hydroxyl groups excluding tert-OH is 3. The number of ether oxygens (including phenoxy) is 1. The smallest absolute Gasteiger partial charge is 0.346 e. The number of nitrogens with zero attached hydrogens (tertiary/aromatic N) is 1. The van der Waals surface area contributed by atoms with Crippen molar-refractivity contribution in [1.29, 1.82) is 0 Å². The van der Waals surface area contributed by atoms with E-state index in [-0.39, 0.29) is 29.0 Å². The van der Waals surface area contributed by atoms with Gasteiger partial charge in [0.1, 0.15) is 11.3 Å². The number of methoxy groups -OCH3 is 1. The Bertz CT molecular complexity index is 1280. The zero-order valence-electron chi connectivity index (χ0n) is 23.8. The van der Waals surface area contributed by atoms with Gasteiger partial charge in [-0.3, -0.25) is 0 Å². The average Bonchev–Trinajstić information content (AvgIpc) is 3.27. The lowest BCUT2D eigenvalue weighted by atomic mass is 9.43. The molecule has 4 saturated carbocycles. The Kier molecular flexibility index (Phi) is 6.87. The molecule has 6 rings (SSSR count). The van der Waals surface area contributed by atoms with Crippen LogP contribution >= 0.6 is 0 Å². The predicted octanol–water partition coefficient (Wildman–Crippen LogP) is 4.73. The van der Waals surface area contributed by atoms with Crippen molar-refractivity contribution >= 4 is 10.9 Å². The van der Waals surface area contributed by atoms with Crippen LogP contribution in [0.15, 0.2) is 27.4 Å². The summed E-state index contributed by atoms with van der Waals surface area (Å²) >= 11 is 0. The second-order valence-corrected chi connectivity index (χ2v) is 13.8. The maximum absolute atomic E-state index is 12.6. The minimum Gasteiger partial charge on any atom is -0.494 e. The molecule has 0 saturated heterocycles. The van der Waals surface area contributed by atoms with Gasteiger partial charge in [0.2, 0.25) is 0 Å². The summed E-state index contributed by atoms with van der Waals surface area (Å²) in [5.41, 5.74) is -0.0275. The largest absolute Gasteiger partial charge is 0.494 e. The van der Waals surface area contributed by atoms with Gasteiger partial charge in [0, 0.05) is 6.42 Å². The van der Waals surface area contributed by atoms with Crippen molar-refractivity contribution in [1.82, 2.24) is 4.98 Å². The molecule has 3 N–H and O–H groups in total. The quantitative estimate of drug-likeness (QED) is 0.504. The molecule has 1 aromatic heterocycles. The molecule has 0 spiro atoms. The Hall–Kier alpha value is -1.96. The number of benzene rings is 1. The van der Waals surface area contributed by atoms with Gasteiger partial charge in [-0.15, -0.1) is 0 Å². The number of aliphatic hydroxyl groups is 3. The van der Waals surface area contributed by atoms with Crippen molar-refractivity contribution in [3.8, 4) is 5.75 Å². The fraction of sp³-hybridized carbons (Fsp3) is 0.750. The normalized spacial score (nSPS) is 42.4. The van der Waals surface area contributed by atoms with Crippen LogP contribution < -0.4 is 10.4 Å². The first-order chi connectivity index (χ1) is 18.6. The molecule has 4 aliphatic rings. The fourth-order valence-corrected chi connectivity index (χ4v) is 10.1. The lowest BCUT2D eigenvalue weighted by molar-refractivity contribution is -0.207. The standard InChI is InChI=1S/C32H45NO6/c1-17(8-11-27-33-29-20(30(37)39-27)6-5-7-25(29)38-4)21-9-10-22-28-23(16-26(36)32(21,22)3)31(2)13-12-19(34)14-18(31)15-24(28)35/h5-7,17-19,21-24,26,28,34-36H,8-16H2,1-4H3/t17-,18+,19-,21-,22+,23?,24-,26+,28+,31+,32-/m1/s1. The van der Waals surface area contributed by atoms with E-state index < -0.39 is 11.7 Å². The van der Waals surface area contributed by atoms with Gasteiger partial charge in [-0.1, -0.05) is 26.8 Å². The maximum Gasteiger partial charge on any atom is 0.346 e. The van der Waals surface area contributed by atoms with Gasteiger partial charge in [-0.25, -0.2) is 9.78 Å². The van der Waals surface area contributed by atoms with E-state index in [1.165, 1.54) is 0 Å². The van der Waals surface area contributed by atoms with Gasteiger partial charge >= 0.3 is 5.63 Å². The first-order valence-electron chi connectivity index (χ1n) is 15.1. The van der Waals surface area contributed by atoms with E-state index in [1.807, 2.05) is 0 Å². The highest BCUT2D eigenvalue weighted by atomic mass is 16.5. The van der Waals surface area contributed by atoms with Gasteiger partial charge in [0.05, 0.1) is 30.8 Å². The number of hydrogen-bond acceptors (Lipinski definition) is 7. The molecular weight excluding hydrogens is 494 g/mol. The van der Waals surface area contributed by atoms with Crippen molar-refractivity contribution in [2.75, 3.05) is 7.11 Å². The number of aromatic nitrogens is 1. The minimum absolute atomic E-state index is 0.0789. The molecule has 1 heterocycles. The van der Waals surface area contributed by atoms with Gasteiger partial charge in [0.25, 0.3) is 0 Å². The van der Waals surface area contributed by atoms with E-state index in [4.69, 9.17) is 9.15 Å². The highest BCUT2D eigenvalue weighted by molar-refractivity contribution is 5.83. The van der Waals surface area contributed by atoms with E-state index in [1.54, 1.807) is 25.3 Å². The van der Waals surface area contributed by atoms with Crippen molar-refractivity contribution in [2.45, 2.75) is 96.9 Å². The van der Waals surface area contributed by atoms with Crippen LogP contribution in [0.2, 0.25) is 0 Å². The summed E-state index contributed by atoms with van der Waals surface area (Å²) < 4.78 is 11.0. The average molecular weight is 540 g/mol. The van der Waals surface area contributed by atoms with E-state index >= 15 is 0 Å². The van der Waals surface area contributed by atoms with Gasteiger partial charge < -0.3 is 24.5 Å². The van der Waals surface area contributed by atoms with Crippen molar-refractivity contribution in [3.05, 3.63) is 34.5 Å². The molecule has 7 heteroatoms. The van der Waals surface area contributed by atoms with E-state index in [9.17, 15) is 20.1 Å². The number of aryl methyl sites for hydroxylation is 1. The van der Waals surface area contributed by atoms with Gasteiger partial charge in [-0.05, 0) is 110 Å². The molecule has 2 aromatic rings. The molecule has 0 aliphatic heterocycles. The Morgan fingerprint density at radius 1 is 1.10 bits per heavy atom. The van der Waals surface area contributed by atoms with Crippen LogP contribution in [0.3, 0.4) is 0 Å². The molecule has 0 bridgehead atoms. The summed E-state index contributed by atoms with van der Waals surface area (Å²) in [6.07, 6.45) is 6.50. The summed E-state index contributed by atoms with van der Waals surface area (Å²) in [7, 11) is 1.57. The third kappa shape index (κ3) is 4.17. The number of hydrogen-bond donors (Lipinski definition) is 3. The van der Waals surface area contributed by atoms with E-state index in [2.05, 4.69) is 25.8 Å². The molecule has 4 fully saturated rings. The second kappa shape index (κ2) is 9.85. The Labute approximate surface area is 231 Å². The predicted molar refractivity (Wildman–Crippen MR) is 148 cm³/mol. The summed E-state index contributed by atoms with van der Waals surface area (Å²) in [6.45, 7) is 6.91. The van der Waals surface area contributed by atoms with Crippen molar-refractivity contribution in [2.24, 2.45) is 46.3 Å². The summed E-state index contributed by atoms with van der Waals surface area (Å²) in [4.78, 5) is 17.3. The molecule has 7 nitrogen and oxygen atoms in total. The van der Waals surface area contributed by atoms with Gasteiger partial charge in [0.15, 0.2) is 5.89 Å². The van der Waals surface area contributed by atoms with E-state index in [0.29, 0.717) is 58.6 Å². The summed E-state index contributed by atoms with van der Waals surface area (Å²) in [6, 6.07) is 5.27. The summed E-state index contributed by atoms with van der Waals surface area (Å²) in [5, 5.41) is 34.1. The monoisotopic (exact) mass is 539 g/mol. The molecule has 11 atom stereocenters. The topological polar surface area (TPSA) is 113 Å². The zero-order chi connectivity index (χ0) is 27.7. The van der Waals surface area contributed by atoms with Gasteiger partial charge in [-0.2, -0.15) is 0 Å². The number of para-hydroxylation sites is 1. The first kappa shape index (κ1) is 27.2. The van der Waals surface area contributed by atoms with Crippen molar-refractivity contribution < 1.29 is 24.5 Å². The zero-order valence-corrected chi connectivity index (χ0v) is 23.8. The molecule has 1 unspecified atom stereocenters. The third-order valence-corrected chi connectivity index (χ3v) is 12.2. The second-order valence-electron chi connectivity index (χ2n) is 13.8. The highest BCUT2D eigenvalue weighted by Gasteiger charge is 2.65. The lowest BCUT2D eigenvalue weighted by Crippen LogP contribution is -2.62. The SMILES string of the molecule is COc1cccc2c(=O)oc(CC[C@@H](C)[C@H]3CC[C@H]4[C@H]5C(C[C@H](O)[C@]34C)[C@@]3(C)CC[C@@H](O)C[C@H]3C[C@H]5O)nc12. The third-order valence-electron chi connectivity index (χ3n) is 12.2. The molecule has 0 amide bonds. The molecule has 214 valence electrons. The fourth-order valence-electron chi connectivity index (χ4n) is 10.1. The summed E-state index contributed by atoms with van der Waals surface area (Å²) in [5.74, 6) is 2.75.